The number of nitro benzene ring substituents is 1. The van der Waals surface area contributed by atoms with Gasteiger partial charge in [0.05, 0.1) is 4.92 Å². The van der Waals surface area contributed by atoms with Gasteiger partial charge in [0, 0.05) is 28.4 Å². The van der Waals surface area contributed by atoms with E-state index in [1.54, 1.807) is 4.68 Å². The summed E-state index contributed by atoms with van der Waals surface area (Å²) in [5, 5.41) is 21.9. The monoisotopic (exact) mass is 508 g/mol. The van der Waals surface area contributed by atoms with Gasteiger partial charge >= 0.3 is 0 Å². The molecule has 11 heteroatoms. The van der Waals surface area contributed by atoms with Gasteiger partial charge in [0.25, 0.3) is 17.5 Å². The molecule has 5 rings (SSSR count). The van der Waals surface area contributed by atoms with E-state index >= 15 is 0 Å². The van der Waals surface area contributed by atoms with Crippen molar-refractivity contribution in [1.82, 2.24) is 14.8 Å². The smallest absolute Gasteiger partial charge is 0.269 e. The second kappa shape index (κ2) is 9.96. The second-order valence-electron chi connectivity index (χ2n) is 7.53. The molecular weight excluding hydrogens is 491 g/mol. The Kier molecular flexibility index (Phi) is 6.81. The topological polar surface area (TPSA) is 115 Å². The zero-order valence-electron chi connectivity index (χ0n) is 18.0. The average Bonchev–Trinajstić information content (AvgIpc) is 3.27. The fraction of sp³-hybridized carbons (Fsp3) is 0.0417. The maximum absolute atomic E-state index is 12.7. The number of nitro groups is 1. The van der Waals surface area contributed by atoms with E-state index in [4.69, 9.17) is 11.6 Å². The van der Waals surface area contributed by atoms with Gasteiger partial charge in [-0.25, -0.2) is 4.68 Å². The van der Waals surface area contributed by atoms with Crippen molar-refractivity contribution in [1.29, 1.82) is 0 Å². The summed E-state index contributed by atoms with van der Waals surface area (Å²) in [7, 11) is 0. The first-order valence-corrected chi connectivity index (χ1v) is 10.7. The normalized spacial score (nSPS) is 14.1. The zero-order valence-corrected chi connectivity index (χ0v) is 19.5. The number of fused-ring (bicyclic) bond motifs is 1. The Morgan fingerprint density at radius 2 is 1.71 bits per heavy atom. The first-order valence-electron chi connectivity index (χ1n) is 10.3. The summed E-state index contributed by atoms with van der Waals surface area (Å²) in [4.78, 5) is 27.5. The van der Waals surface area contributed by atoms with Gasteiger partial charge in [0.2, 0.25) is 5.95 Å². The summed E-state index contributed by atoms with van der Waals surface area (Å²) < 4.78 is 1.68. The highest BCUT2D eigenvalue weighted by molar-refractivity contribution is 6.30. The Labute approximate surface area is 211 Å². The second-order valence-corrected chi connectivity index (χ2v) is 7.97. The van der Waals surface area contributed by atoms with E-state index in [2.05, 4.69) is 20.7 Å². The third-order valence-electron chi connectivity index (χ3n) is 5.33. The first kappa shape index (κ1) is 23.9. The first-order chi connectivity index (χ1) is 16.5. The Bertz CT molecular complexity index is 1400. The molecule has 1 unspecified atom stereocenters. The van der Waals surface area contributed by atoms with E-state index in [0.717, 1.165) is 16.8 Å². The molecule has 1 atom stereocenters. The van der Waals surface area contributed by atoms with Crippen molar-refractivity contribution < 1.29 is 9.72 Å². The number of nitrogens with one attached hydrogen (secondary N) is 2. The summed E-state index contributed by atoms with van der Waals surface area (Å²) in [6, 6.07) is 22.3. The van der Waals surface area contributed by atoms with Crippen molar-refractivity contribution in [2.24, 2.45) is 0 Å². The molecule has 0 aliphatic carbocycles. The van der Waals surface area contributed by atoms with Crippen molar-refractivity contribution in [2.75, 3.05) is 10.6 Å². The minimum atomic E-state index is -0.521. The summed E-state index contributed by atoms with van der Waals surface area (Å²) in [5.74, 6) is 0.0879. The molecule has 2 heterocycles. The maximum atomic E-state index is 12.7. The molecule has 1 aliphatic heterocycles. The van der Waals surface area contributed by atoms with Gasteiger partial charge in [0.1, 0.15) is 6.04 Å². The van der Waals surface area contributed by atoms with Crippen molar-refractivity contribution in [2.45, 2.75) is 6.04 Å². The van der Waals surface area contributed by atoms with Gasteiger partial charge in [-0.1, -0.05) is 54.1 Å². The zero-order chi connectivity index (χ0) is 23.7. The van der Waals surface area contributed by atoms with E-state index in [9.17, 15) is 14.9 Å². The number of benzene rings is 3. The van der Waals surface area contributed by atoms with E-state index < -0.39 is 10.8 Å². The fourth-order valence-electron chi connectivity index (χ4n) is 3.64. The predicted octanol–water partition coefficient (Wildman–Crippen LogP) is 5.57. The Morgan fingerprint density at radius 3 is 2.37 bits per heavy atom. The van der Waals surface area contributed by atoms with Gasteiger partial charge in [-0.05, 0) is 41.5 Å². The van der Waals surface area contributed by atoms with Crippen LogP contribution < -0.4 is 10.6 Å². The molecule has 0 radical (unpaired) electrons. The molecule has 1 aliphatic rings. The van der Waals surface area contributed by atoms with Gasteiger partial charge in [-0.3, -0.25) is 20.2 Å². The van der Waals surface area contributed by atoms with Crippen LogP contribution in [0.1, 0.15) is 27.5 Å². The van der Waals surface area contributed by atoms with E-state index in [1.807, 2.05) is 60.7 Å². The van der Waals surface area contributed by atoms with Crippen molar-refractivity contribution in [3.8, 4) is 0 Å². The Morgan fingerprint density at radius 1 is 1.03 bits per heavy atom. The Hall–Kier alpha value is -4.21. The van der Waals surface area contributed by atoms with Crippen LogP contribution in [-0.2, 0) is 0 Å². The van der Waals surface area contributed by atoms with Crippen LogP contribution in [0.5, 0.6) is 0 Å². The van der Waals surface area contributed by atoms with Crippen LogP contribution in [0.3, 0.4) is 0 Å². The molecule has 0 spiro atoms. The number of amides is 1. The van der Waals surface area contributed by atoms with Crippen LogP contribution in [0, 0.1) is 10.1 Å². The number of rotatable bonds is 5. The third-order valence-corrected chi connectivity index (χ3v) is 5.58. The molecule has 3 aromatic carbocycles. The van der Waals surface area contributed by atoms with Crippen LogP contribution in [0.4, 0.5) is 17.6 Å². The highest BCUT2D eigenvalue weighted by Crippen LogP contribution is 2.33. The molecule has 35 heavy (non-hydrogen) atoms. The molecule has 0 fully saturated rings. The highest BCUT2D eigenvalue weighted by Gasteiger charge is 2.26. The van der Waals surface area contributed by atoms with Crippen LogP contribution in [-0.4, -0.2) is 25.6 Å². The molecule has 0 bridgehead atoms. The summed E-state index contributed by atoms with van der Waals surface area (Å²) in [6.45, 7) is 0. The maximum Gasteiger partial charge on any atom is 0.269 e. The Balaban J connectivity index is 0.00000289. The van der Waals surface area contributed by atoms with Crippen molar-refractivity contribution in [3.05, 3.63) is 117 Å². The molecule has 1 aromatic heterocycles. The van der Waals surface area contributed by atoms with E-state index in [-0.39, 0.29) is 35.6 Å². The molecular formula is C24H18Cl2N6O3. The molecule has 2 N–H and O–H groups in total. The number of carbonyl (C=O) groups is 1. The number of aromatic nitrogens is 3. The van der Waals surface area contributed by atoms with Crippen LogP contribution >= 0.6 is 24.0 Å². The molecule has 176 valence electrons. The van der Waals surface area contributed by atoms with Gasteiger partial charge in [-0.15, -0.1) is 17.5 Å². The highest BCUT2D eigenvalue weighted by atomic mass is 35.5. The minimum absolute atomic E-state index is 0. The number of hydrogen-bond acceptors (Lipinski definition) is 6. The molecule has 0 saturated heterocycles. The number of non-ortho nitro benzene ring substituents is 1. The van der Waals surface area contributed by atoms with E-state index in [0.29, 0.717) is 11.0 Å². The lowest BCUT2D eigenvalue weighted by Crippen LogP contribution is -2.20. The molecule has 9 nitrogen and oxygen atoms in total. The molecule has 0 saturated carbocycles. The number of hydrogen-bond donors (Lipinski definition) is 2. The van der Waals surface area contributed by atoms with Gasteiger partial charge in [-0.2, -0.15) is 4.98 Å². The number of halogens is 2. The summed E-state index contributed by atoms with van der Waals surface area (Å²) in [5.41, 5.74) is 2.94. The van der Waals surface area contributed by atoms with Crippen LogP contribution in [0.25, 0.3) is 5.70 Å². The summed E-state index contributed by atoms with van der Waals surface area (Å²) >= 11 is 6.07. The van der Waals surface area contributed by atoms with Gasteiger partial charge in [0.15, 0.2) is 0 Å². The number of carbonyl (C=O) groups excluding carboxylic acids is 1. The summed E-state index contributed by atoms with van der Waals surface area (Å²) in [6.07, 6.45) is 2.03. The fourth-order valence-corrected chi connectivity index (χ4v) is 3.76. The predicted molar refractivity (Wildman–Crippen MR) is 136 cm³/mol. The van der Waals surface area contributed by atoms with E-state index in [1.165, 1.54) is 24.3 Å². The third kappa shape index (κ3) is 5.01. The van der Waals surface area contributed by atoms with Crippen molar-refractivity contribution in [3.63, 3.8) is 0 Å². The SMILES string of the molecule is Cl.O=C(Nc1nc2n(n1)C(c1ccc(Cl)cc1)C=C(c1ccccc1)N2)c1ccc([N+](=O)[O-])cc1. The average molecular weight is 509 g/mol. The number of nitrogens with zero attached hydrogens (tertiary/aromatic N) is 4. The number of anilines is 2. The van der Waals surface area contributed by atoms with Crippen LogP contribution in [0.15, 0.2) is 84.9 Å². The van der Waals surface area contributed by atoms with Gasteiger partial charge < -0.3 is 5.32 Å². The lowest BCUT2D eigenvalue weighted by molar-refractivity contribution is -0.384. The lowest BCUT2D eigenvalue weighted by Gasteiger charge is -2.24. The van der Waals surface area contributed by atoms with Crippen molar-refractivity contribution >= 4 is 53.2 Å². The van der Waals surface area contributed by atoms with Crippen LogP contribution in [0.2, 0.25) is 5.02 Å². The molecule has 1 amide bonds. The molecule has 4 aromatic rings. The number of allylic oxidation sites excluding steroid dienone is 1. The standard InChI is InChI=1S/C24H17ClN6O3.ClH/c25-18-10-6-16(7-11-18)21-14-20(15-4-2-1-3-5-15)26-24-28-23(29-30(21)24)27-22(32)17-8-12-19(13-9-17)31(33)34;/h1-14,21H,(H2,26,27,28,29,32);1H. The quantitative estimate of drug-likeness (QED) is 0.269. The lowest BCUT2D eigenvalue weighted by atomic mass is 10.0. The minimum Gasteiger partial charge on any atom is -0.324 e. The largest absolute Gasteiger partial charge is 0.324 e.